The second-order valence-corrected chi connectivity index (χ2v) is 29.9. The highest BCUT2D eigenvalue weighted by molar-refractivity contribution is 9.11. The summed E-state index contributed by atoms with van der Waals surface area (Å²) in [5, 5.41) is 0. The molecule has 8 aromatic rings. The Kier molecular flexibility index (Phi) is 24.5. The van der Waals surface area contributed by atoms with Crippen LogP contribution in [0.1, 0.15) is 144 Å². The van der Waals surface area contributed by atoms with Gasteiger partial charge in [-0.1, -0.05) is 127 Å². The van der Waals surface area contributed by atoms with E-state index in [2.05, 4.69) is 127 Å². The van der Waals surface area contributed by atoms with Crippen molar-refractivity contribution in [1.82, 2.24) is 0 Å². The van der Waals surface area contributed by atoms with Crippen molar-refractivity contribution in [2.24, 2.45) is 0 Å². The molecule has 16 bridgehead atoms. The Morgan fingerprint density at radius 2 is 0.260 bits per heavy atom. The third-order valence-corrected chi connectivity index (χ3v) is 18.3. The zero-order valence-corrected chi connectivity index (χ0v) is 65.1. The Balaban J connectivity index is 1.35. The van der Waals surface area contributed by atoms with Gasteiger partial charge in [-0.2, -0.15) is 0 Å². The number of halogens is 8. The third kappa shape index (κ3) is 19.0. The van der Waals surface area contributed by atoms with Gasteiger partial charge in [-0.05, 0) is 97.1 Å². The molecule has 0 unspecified atom stereocenters. The quantitative estimate of drug-likeness (QED) is 0.102. The predicted octanol–water partition coefficient (Wildman–Crippen LogP) is 18.2. The molecule has 0 amide bonds. The number of fused-ring (bicyclic) bond motifs is 16. The lowest BCUT2D eigenvalue weighted by Gasteiger charge is -2.22. The van der Waals surface area contributed by atoms with Crippen LogP contribution in [0, 0.1) is 0 Å². The maximum atomic E-state index is 13.3. The van der Waals surface area contributed by atoms with Gasteiger partial charge in [-0.15, -0.1) is 0 Å². The van der Waals surface area contributed by atoms with E-state index in [1.165, 1.54) is 55.4 Å². The van der Waals surface area contributed by atoms with E-state index in [0.29, 0.717) is 125 Å². The van der Waals surface area contributed by atoms with Gasteiger partial charge in [-0.3, -0.25) is 38.4 Å². The van der Waals surface area contributed by atoms with Crippen LogP contribution in [0.4, 0.5) is 0 Å². The van der Waals surface area contributed by atoms with E-state index in [9.17, 15) is 38.4 Å². The Labute approximate surface area is 620 Å². The lowest BCUT2D eigenvalue weighted by atomic mass is 9.91. The topological polar surface area (TPSA) is 210 Å². The molecule has 1 aliphatic rings. The van der Waals surface area contributed by atoms with Gasteiger partial charge in [0.1, 0.15) is 46.0 Å². The summed E-state index contributed by atoms with van der Waals surface area (Å²) in [6, 6.07) is 28.5. The highest BCUT2D eigenvalue weighted by Gasteiger charge is 2.29. The van der Waals surface area contributed by atoms with E-state index in [0.717, 1.165) is 0 Å². The molecule has 8 aromatic carbocycles. The normalized spacial score (nSPS) is 12.2. The van der Waals surface area contributed by atoms with Crippen LogP contribution in [-0.2, 0) is 89.7 Å². The first kappa shape index (κ1) is 73.6. The lowest BCUT2D eigenvalue weighted by Crippen LogP contribution is -2.13. The number of hydrogen-bond donors (Lipinski definition) is 0. The van der Waals surface area contributed by atoms with Crippen molar-refractivity contribution in [3.05, 3.63) is 222 Å². The second-order valence-electron chi connectivity index (χ2n) is 22.6. The number of ether oxygens (including phenoxy) is 8. The van der Waals surface area contributed by atoms with Crippen molar-refractivity contribution in [3.63, 3.8) is 0 Å². The average Bonchev–Trinajstić information content (AvgIpc) is 0.793. The largest absolute Gasteiger partial charge is 0.426 e. The Morgan fingerprint density at radius 1 is 0.188 bits per heavy atom. The number of benzene rings is 8. The Hall–Kier alpha value is -6.64. The van der Waals surface area contributed by atoms with Crippen molar-refractivity contribution in [2.75, 3.05) is 0 Å². The lowest BCUT2D eigenvalue weighted by molar-refractivity contribution is -0.133. The van der Waals surface area contributed by atoms with Gasteiger partial charge in [0.2, 0.25) is 0 Å². The molecule has 9 rings (SSSR count). The van der Waals surface area contributed by atoms with Crippen molar-refractivity contribution in [1.29, 1.82) is 0 Å². The van der Waals surface area contributed by atoms with Crippen molar-refractivity contribution >= 4 is 175 Å². The van der Waals surface area contributed by atoms with E-state index >= 15 is 0 Å². The summed E-state index contributed by atoms with van der Waals surface area (Å²) in [5.74, 6) is -3.79. The molecular weight excluding hydrogens is 1760 g/mol. The molecule has 0 aliphatic heterocycles. The van der Waals surface area contributed by atoms with E-state index in [-0.39, 0.29) is 97.4 Å². The van der Waals surface area contributed by atoms with Crippen LogP contribution in [0.15, 0.2) is 133 Å². The molecule has 0 N–H and O–H groups in total. The van der Waals surface area contributed by atoms with E-state index in [4.69, 9.17) is 37.9 Å². The van der Waals surface area contributed by atoms with Crippen LogP contribution in [0.3, 0.4) is 0 Å². The molecule has 0 radical (unpaired) electrons. The van der Waals surface area contributed by atoms with Gasteiger partial charge in [0.15, 0.2) is 0 Å². The van der Waals surface area contributed by atoms with Crippen molar-refractivity contribution < 1.29 is 76.3 Å². The minimum atomic E-state index is -0.644. The summed E-state index contributed by atoms with van der Waals surface area (Å²) in [7, 11) is 0. The van der Waals surface area contributed by atoms with Gasteiger partial charge >= 0.3 is 47.8 Å². The summed E-state index contributed by atoms with van der Waals surface area (Å²) in [6.07, 6.45) is 0.0532. The summed E-state index contributed by atoms with van der Waals surface area (Å²) >= 11 is 29.7. The Bertz CT molecular complexity index is 3530. The SMILES string of the molecule is CC(=O)Oc1c2cc(Br)cc1Cc1cc(Br)cc(c1OC(C)=O)Cc1cc(Br)cc(c1OC(C)=O)Cc1cc(Br)cc(c1OC(C)=O)Cc1cc(Br)cc(c1OC(C)=O)Cc1cc(Br)cc(c1OC(C)=O)Cc1cc(Br)cc(c1OC(C)=O)Cc1cc(Br)cc(c1OC(C)=O)C2. The maximum Gasteiger partial charge on any atom is 0.308 e. The maximum absolute atomic E-state index is 13.3. The second kappa shape index (κ2) is 31.9. The number of carbonyl (C=O) groups excluding carboxylic acids is 8. The summed E-state index contributed by atoms with van der Waals surface area (Å²) < 4.78 is 53.8. The molecule has 24 heteroatoms. The first-order chi connectivity index (χ1) is 45.3. The molecular formula is C72H56Br8O16. The number of hydrogen-bond acceptors (Lipinski definition) is 16. The fraction of sp³-hybridized carbons (Fsp3) is 0.222. The van der Waals surface area contributed by atoms with E-state index in [1.807, 2.05) is 0 Å². The standard InChI is InChI=1S/C72H56Br8O16/c1-33(81)89-65-41-9-43-19-58(74)21-45(66(43)90-34(2)82)11-47-23-60(76)25-49(68(47)92-36(4)84)13-51-27-62(78)29-53(70(51)94-38(6)86)15-55-31-64(80)32-56(72(55)96-40(8)88)16-54-30-63(79)28-52(71(54)95-39(7)87)14-50-26-61(77)24-48(69(50)93-37(5)85)12-46-22-59(75)20-44(67(46)91-35(3)83)10-42(65)18-57(73)17-41/h17-32H,9-16H2,1-8H3. The summed E-state index contributed by atoms with van der Waals surface area (Å²) in [6.45, 7) is 10.2. The monoisotopic (exact) mass is 1810 g/mol. The Morgan fingerprint density at radius 3 is 0.323 bits per heavy atom. The molecule has 16 nitrogen and oxygen atoms in total. The molecule has 0 heterocycles. The van der Waals surface area contributed by atoms with Crippen molar-refractivity contribution in [3.8, 4) is 46.0 Å². The molecule has 96 heavy (non-hydrogen) atoms. The molecule has 0 atom stereocenters. The molecule has 0 saturated carbocycles. The smallest absolute Gasteiger partial charge is 0.308 e. The summed E-state index contributed by atoms with van der Waals surface area (Å²) in [4.78, 5) is 107. The highest BCUT2D eigenvalue weighted by atomic mass is 79.9. The van der Waals surface area contributed by atoms with Gasteiger partial charge in [-0.25, -0.2) is 0 Å². The van der Waals surface area contributed by atoms with Crippen LogP contribution in [0.5, 0.6) is 46.0 Å². The van der Waals surface area contributed by atoms with E-state index in [1.54, 1.807) is 97.1 Å². The average molecular weight is 1820 g/mol. The molecule has 0 spiro atoms. The van der Waals surface area contributed by atoms with Crippen LogP contribution in [0.25, 0.3) is 0 Å². The minimum absolute atomic E-state index is 0.00665. The zero-order valence-electron chi connectivity index (χ0n) is 52.5. The van der Waals surface area contributed by atoms with Gasteiger partial charge in [0, 0.05) is 232 Å². The highest BCUT2D eigenvalue weighted by Crippen LogP contribution is 2.46. The molecule has 1 aliphatic carbocycles. The van der Waals surface area contributed by atoms with Crippen LogP contribution in [-0.4, -0.2) is 47.8 Å². The van der Waals surface area contributed by atoms with Crippen LogP contribution < -0.4 is 37.9 Å². The van der Waals surface area contributed by atoms with Crippen LogP contribution in [0.2, 0.25) is 0 Å². The first-order valence-corrected chi connectivity index (χ1v) is 35.6. The van der Waals surface area contributed by atoms with Gasteiger partial charge in [0.05, 0.1) is 0 Å². The fourth-order valence-corrected chi connectivity index (χ4v) is 16.1. The molecule has 0 aromatic heterocycles. The number of carbonyl (C=O) groups is 8. The zero-order chi connectivity index (χ0) is 69.7. The molecule has 0 saturated heterocycles. The third-order valence-electron chi connectivity index (χ3n) is 14.7. The fourth-order valence-electron chi connectivity index (χ4n) is 11.6. The number of esters is 8. The summed E-state index contributed by atoms with van der Waals surface area (Å²) in [5.41, 5.74) is 7.70. The first-order valence-electron chi connectivity index (χ1n) is 29.3. The molecule has 496 valence electrons. The van der Waals surface area contributed by atoms with Gasteiger partial charge in [0.25, 0.3) is 0 Å². The predicted molar refractivity (Wildman–Crippen MR) is 386 cm³/mol. The van der Waals surface area contributed by atoms with E-state index < -0.39 is 47.8 Å². The van der Waals surface area contributed by atoms with Crippen LogP contribution >= 0.6 is 127 Å². The van der Waals surface area contributed by atoms with Crippen molar-refractivity contribution in [2.45, 2.75) is 107 Å². The minimum Gasteiger partial charge on any atom is -0.426 e. The molecule has 0 fully saturated rings. The van der Waals surface area contributed by atoms with Gasteiger partial charge < -0.3 is 37.9 Å². The number of rotatable bonds is 8.